The number of allylic oxidation sites excluding steroid dienone is 3. The van der Waals surface area contributed by atoms with Crippen LogP contribution in [0.15, 0.2) is 91.6 Å². The summed E-state index contributed by atoms with van der Waals surface area (Å²) in [5, 5.41) is 2.86. The van der Waals surface area contributed by atoms with Crippen molar-refractivity contribution in [2.24, 2.45) is 0 Å². The molecule has 6 heteroatoms. The molecule has 2 aromatic rings. The van der Waals surface area contributed by atoms with Crippen LogP contribution in [0.3, 0.4) is 0 Å². The van der Waals surface area contributed by atoms with E-state index in [1.165, 1.54) is 19.1 Å². The number of hydrogen-bond acceptors (Lipinski definition) is 3. The molecular weight excluding hydrogens is 470 g/mol. The van der Waals surface area contributed by atoms with Crippen molar-refractivity contribution in [2.75, 3.05) is 13.8 Å². The molecule has 0 saturated heterocycles. The first-order valence-electron chi connectivity index (χ1n) is 12.4. The van der Waals surface area contributed by atoms with Crippen LogP contribution in [0, 0.1) is 0 Å². The molecule has 4 nitrogen and oxygen atoms in total. The molecule has 0 aliphatic heterocycles. The highest BCUT2D eigenvalue weighted by molar-refractivity contribution is 5.87. The van der Waals surface area contributed by atoms with Crippen LogP contribution in [-0.4, -0.2) is 30.6 Å². The summed E-state index contributed by atoms with van der Waals surface area (Å²) >= 11 is 0. The molecular formula is C31H38F2N2O2. The SMILES string of the molecule is C=C/C=C(\C=C/CC)C(C(C)c1ccccc1)N(C(=C)c1ccc(C(C)(F)F)cc1OCNC)C(C)=O. The maximum Gasteiger partial charge on any atom is 0.270 e. The van der Waals surface area contributed by atoms with E-state index in [2.05, 4.69) is 25.4 Å². The summed E-state index contributed by atoms with van der Waals surface area (Å²) in [5.74, 6) is -3.20. The lowest BCUT2D eigenvalue weighted by atomic mass is 9.85. The first-order chi connectivity index (χ1) is 17.6. The number of benzene rings is 2. The van der Waals surface area contributed by atoms with Gasteiger partial charge < -0.3 is 9.64 Å². The molecule has 0 heterocycles. The first kappa shape index (κ1) is 29.7. The number of rotatable bonds is 13. The maximum absolute atomic E-state index is 14.1. The van der Waals surface area contributed by atoms with Crippen LogP contribution in [0.25, 0.3) is 5.70 Å². The number of carbonyl (C=O) groups is 1. The molecule has 2 aromatic carbocycles. The van der Waals surface area contributed by atoms with E-state index in [1.807, 2.05) is 55.5 Å². The van der Waals surface area contributed by atoms with Gasteiger partial charge >= 0.3 is 0 Å². The van der Waals surface area contributed by atoms with E-state index in [1.54, 1.807) is 24.1 Å². The van der Waals surface area contributed by atoms with Crippen LogP contribution in [0.5, 0.6) is 5.75 Å². The molecule has 0 aliphatic rings. The summed E-state index contributed by atoms with van der Waals surface area (Å²) in [7, 11) is 1.69. The van der Waals surface area contributed by atoms with Gasteiger partial charge in [-0.15, -0.1) is 0 Å². The Hall–Kier alpha value is -3.51. The third kappa shape index (κ3) is 7.73. The minimum atomic E-state index is -3.05. The van der Waals surface area contributed by atoms with Gasteiger partial charge in [0.15, 0.2) is 0 Å². The minimum absolute atomic E-state index is 0.101. The van der Waals surface area contributed by atoms with Crippen LogP contribution in [0.2, 0.25) is 0 Å². The fraction of sp³-hybridized carbons (Fsp3) is 0.323. The lowest BCUT2D eigenvalue weighted by Crippen LogP contribution is -2.41. The Morgan fingerprint density at radius 2 is 1.89 bits per heavy atom. The minimum Gasteiger partial charge on any atom is -0.478 e. The van der Waals surface area contributed by atoms with Crippen LogP contribution in [0.1, 0.15) is 56.7 Å². The summed E-state index contributed by atoms with van der Waals surface area (Å²) in [4.78, 5) is 14.9. The normalized spacial score (nSPS) is 13.8. The average molecular weight is 509 g/mol. The van der Waals surface area contributed by atoms with E-state index in [4.69, 9.17) is 4.74 Å². The van der Waals surface area contributed by atoms with Crippen LogP contribution >= 0.6 is 0 Å². The number of amides is 1. The van der Waals surface area contributed by atoms with E-state index >= 15 is 0 Å². The molecule has 0 aromatic heterocycles. The van der Waals surface area contributed by atoms with Gasteiger partial charge in [0.2, 0.25) is 5.91 Å². The molecule has 198 valence electrons. The summed E-state index contributed by atoms with van der Waals surface area (Å²) in [5.41, 5.74) is 2.55. The van der Waals surface area contributed by atoms with Crippen molar-refractivity contribution in [1.29, 1.82) is 0 Å². The Balaban J connectivity index is 2.74. The number of carbonyl (C=O) groups excluding carboxylic acids is 1. The fourth-order valence-corrected chi connectivity index (χ4v) is 4.23. The molecule has 2 atom stereocenters. The second-order valence-electron chi connectivity index (χ2n) is 8.93. The van der Waals surface area contributed by atoms with Crippen molar-refractivity contribution in [3.05, 3.63) is 108 Å². The van der Waals surface area contributed by atoms with Crippen LogP contribution in [-0.2, 0) is 10.7 Å². The molecule has 1 amide bonds. The van der Waals surface area contributed by atoms with Crippen molar-refractivity contribution in [3.63, 3.8) is 0 Å². The van der Waals surface area contributed by atoms with E-state index in [0.717, 1.165) is 24.5 Å². The average Bonchev–Trinajstić information content (AvgIpc) is 2.87. The molecule has 0 radical (unpaired) electrons. The molecule has 0 bridgehead atoms. The second kappa shape index (κ2) is 13.7. The van der Waals surface area contributed by atoms with Crippen molar-refractivity contribution in [1.82, 2.24) is 10.2 Å². The van der Waals surface area contributed by atoms with Crippen molar-refractivity contribution in [2.45, 2.75) is 52.0 Å². The fourth-order valence-electron chi connectivity index (χ4n) is 4.23. The lowest BCUT2D eigenvalue weighted by Gasteiger charge is -2.38. The number of hydrogen-bond donors (Lipinski definition) is 1. The van der Waals surface area contributed by atoms with E-state index in [9.17, 15) is 13.6 Å². The molecule has 1 N–H and O–H groups in total. The lowest BCUT2D eigenvalue weighted by molar-refractivity contribution is -0.127. The number of nitrogens with zero attached hydrogens (tertiary/aromatic N) is 1. The monoisotopic (exact) mass is 508 g/mol. The Kier molecular flexibility index (Phi) is 11.0. The second-order valence-corrected chi connectivity index (χ2v) is 8.93. The Morgan fingerprint density at radius 1 is 1.22 bits per heavy atom. The van der Waals surface area contributed by atoms with Crippen molar-refractivity contribution < 1.29 is 18.3 Å². The van der Waals surface area contributed by atoms with Gasteiger partial charge in [0, 0.05) is 36.6 Å². The van der Waals surface area contributed by atoms with Gasteiger partial charge in [0.05, 0.1) is 6.04 Å². The number of nitrogens with one attached hydrogen (secondary N) is 1. The summed E-state index contributed by atoms with van der Waals surface area (Å²) in [6, 6.07) is 13.7. The Labute approximate surface area is 220 Å². The predicted octanol–water partition coefficient (Wildman–Crippen LogP) is 7.42. The molecule has 0 fully saturated rings. The van der Waals surface area contributed by atoms with Crippen LogP contribution in [0.4, 0.5) is 8.78 Å². The summed E-state index contributed by atoms with van der Waals surface area (Å²) in [6.07, 6.45) is 8.42. The van der Waals surface area contributed by atoms with Gasteiger partial charge in [-0.2, -0.15) is 0 Å². The van der Waals surface area contributed by atoms with Crippen LogP contribution < -0.4 is 10.1 Å². The number of alkyl halides is 2. The summed E-state index contributed by atoms with van der Waals surface area (Å²) < 4.78 is 34.0. The standard InChI is InChI=1S/C31H38F2N2O2/c1-8-10-15-26(14-9-2)30(22(3)25-16-12-11-13-17-25)35(24(5)36)23(4)28-19-18-27(31(6,32)33)20-29(28)37-21-34-7/h9-20,22,30,34H,2,4,8,21H2,1,3,5-7H3/b15-10-,26-14+. The molecule has 0 saturated carbocycles. The van der Waals surface area contributed by atoms with E-state index < -0.39 is 12.0 Å². The largest absolute Gasteiger partial charge is 0.478 e. The number of halogens is 2. The predicted molar refractivity (Wildman–Crippen MR) is 148 cm³/mol. The topological polar surface area (TPSA) is 41.6 Å². The van der Waals surface area contributed by atoms with Crippen molar-refractivity contribution >= 4 is 11.6 Å². The van der Waals surface area contributed by atoms with Gasteiger partial charge in [-0.05, 0) is 36.7 Å². The van der Waals surface area contributed by atoms with Gasteiger partial charge in [-0.3, -0.25) is 10.1 Å². The van der Waals surface area contributed by atoms with Gasteiger partial charge in [-0.25, -0.2) is 8.78 Å². The first-order valence-corrected chi connectivity index (χ1v) is 12.4. The van der Waals surface area contributed by atoms with Gasteiger partial charge in [-0.1, -0.05) is 87.7 Å². The third-order valence-electron chi connectivity index (χ3n) is 6.08. The highest BCUT2D eigenvalue weighted by Gasteiger charge is 2.33. The zero-order valence-electron chi connectivity index (χ0n) is 22.4. The Bertz CT molecular complexity index is 1130. The molecule has 2 rings (SSSR count). The van der Waals surface area contributed by atoms with Gasteiger partial charge in [0.1, 0.15) is 12.5 Å². The third-order valence-corrected chi connectivity index (χ3v) is 6.08. The molecule has 0 spiro atoms. The van der Waals surface area contributed by atoms with Crippen molar-refractivity contribution in [3.8, 4) is 5.75 Å². The highest BCUT2D eigenvalue weighted by Crippen LogP contribution is 2.39. The molecule has 2 unspecified atom stereocenters. The maximum atomic E-state index is 14.1. The van der Waals surface area contributed by atoms with E-state index in [0.29, 0.717) is 11.3 Å². The summed E-state index contributed by atoms with van der Waals surface area (Å²) in [6.45, 7) is 14.7. The molecule has 37 heavy (non-hydrogen) atoms. The highest BCUT2D eigenvalue weighted by atomic mass is 19.3. The number of ether oxygens (including phenoxy) is 1. The smallest absolute Gasteiger partial charge is 0.270 e. The quantitative estimate of drug-likeness (QED) is 0.226. The zero-order valence-corrected chi connectivity index (χ0v) is 22.4. The zero-order chi connectivity index (χ0) is 27.6. The van der Waals surface area contributed by atoms with Gasteiger partial charge in [0.25, 0.3) is 5.92 Å². The van der Waals surface area contributed by atoms with E-state index in [-0.39, 0.29) is 29.9 Å². The molecule has 0 aliphatic carbocycles. The Morgan fingerprint density at radius 3 is 2.43 bits per heavy atom.